The van der Waals surface area contributed by atoms with Gasteiger partial charge in [-0.25, -0.2) is 13.1 Å². The van der Waals surface area contributed by atoms with Crippen LogP contribution in [0.15, 0.2) is 0 Å². The van der Waals surface area contributed by atoms with Crippen LogP contribution < -0.4 is 15.4 Å². The zero-order valence-electron chi connectivity index (χ0n) is 10.9. The Morgan fingerprint density at radius 1 is 1.18 bits per heavy atom. The standard InChI is InChI=1S/C10H23N3O3S/c1-8(2)9(3)13-10(14)7-11-5-6-12-17(4,15)16/h8-9,11-12H,5-7H2,1-4H3,(H,13,14). The molecule has 6 nitrogen and oxygen atoms in total. The third kappa shape index (κ3) is 10.2. The van der Waals surface area contributed by atoms with E-state index in [0.717, 1.165) is 6.26 Å². The van der Waals surface area contributed by atoms with Crippen molar-refractivity contribution in [1.82, 2.24) is 15.4 Å². The summed E-state index contributed by atoms with van der Waals surface area (Å²) in [4.78, 5) is 11.4. The van der Waals surface area contributed by atoms with Crippen LogP contribution in [-0.4, -0.2) is 46.3 Å². The third-order valence-corrected chi connectivity index (χ3v) is 3.07. The van der Waals surface area contributed by atoms with Gasteiger partial charge < -0.3 is 10.6 Å². The van der Waals surface area contributed by atoms with E-state index in [1.165, 1.54) is 0 Å². The first-order valence-electron chi connectivity index (χ1n) is 5.67. The molecule has 0 aliphatic rings. The van der Waals surface area contributed by atoms with Gasteiger partial charge in [-0.1, -0.05) is 13.8 Å². The number of sulfonamides is 1. The quantitative estimate of drug-likeness (QED) is 0.506. The molecule has 1 amide bonds. The fourth-order valence-electron chi connectivity index (χ4n) is 0.998. The molecule has 0 saturated heterocycles. The Hall–Kier alpha value is -0.660. The van der Waals surface area contributed by atoms with Crippen molar-refractivity contribution < 1.29 is 13.2 Å². The van der Waals surface area contributed by atoms with Gasteiger partial charge in [0.05, 0.1) is 12.8 Å². The first-order valence-corrected chi connectivity index (χ1v) is 7.56. The first-order chi connectivity index (χ1) is 7.72. The van der Waals surface area contributed by atoms with Gasteiger partial charge in [0.25, 0.3) is 0 Å². The van der Waals surface area contributed by atoms with Crippen LogP contribution in [0.1, 0.15) is 20.8 Å². The molecular formula is C10H23N3O3S. The topological polar surface area (TPSA) is 87.3 Å². The van der Waals surface area contributed by atoms with Crippen LogP contribution in [0.3, 0.4) is 0 Å². The summed E-state index contributed by atoms with van der Waals surface area (Å²) in [5, 5.41) is 5.71. The molecule has 0 rings (SSSR count). The summed E-state index contributed by atoms with van der Waals surface area (Å²) in [6.45, 7) is 6.93. The first kappa shape index (κ1) is 16.3. The van der Waals surface area contributed by atoms with E-state index in [1.54, 1.807) is 0 Å². The summed E-state index contributed by atoms with van der Waals surface area (Å²) in [6.07, 6.45) is 1.10. The molecular weight excluding hydrogens is 242 g/mol. The molecule has 0 aromatic carbocycles. The van der Waals surface area contributed by atoms with Crippen molar-refractivity contribution in [2.24, 2.45) is 5.92 Å². The summed E-state index contributed by atoms with van der Waals surface area (Å²) in [5.41, 5.74) is 0. The molecule has 1 atom stereocenters. The molecule has 3 N–H and O–H groups in total. The number of carbonyl (C=O) groups excluding carboxylic acids is 1. The van der Waals surface area contributed by atoms with Gasteiger partial charge in [0.15, 0.2) is 0 Å². The van der Waals surface area contributed by atoms with Crippen LogP contribution >= 0.6 is 0 Å². The molecule has 0 aromatic rings. The summed E-state index contributed by atoms with van der Waals surface area (Å²) in [6, 6.07) is 0.137. The van der Waals surface area contributed by atoms with Gasteiger partial charge in [-0.2, -0.15) is 0 Å². The predicted molar refractivity (Wildman–Crippen MR) is 68.2 cm³/mol. The summed E-state index contributed by atoms with van der Waals surface area (Å²) >= 11 is 0. The minimum atomic E-state index is -3.15. The minimum absolute atomic E-state index is 0.0782. The maximum Gasteiger partial charge on any atom is 0.234 e. The Kier molecular flexibility index (Phi) is 7.33. The molecule has 0 aliphatic carbocycles. The number of carbonyl (C=O) groups is 1. The van der Waals surface area contributed by atoms with Crippen LogP contribution in [0.2, 0.25) is 0 Å². The van der Waals surface area contributed by atoms with Crippen LogP contribution in [0.5, 0.6) is 0 Å². The highest BCUT2D eigenvalue weighted by Gasteiger charge is 2.09. The molecule has 0 bridgehead atoms. The Labute approximate surface area is 104 Å². The van der Waals surface area contributed by atoms with Crippen LogP contribution in [-0.2, 0) is 14.8 Å². The van der Waals surface area contributed by atoms with E-state index < -0.39 is 10.0 Å². The van der Waals surface area contributed by atoms with E-state index in [9.17, 15) is 13.2 Å². The van der Waals surface area contributed by atoms with Gasteiger partial charge in [0, 0.05) is 19.1 Å². The number of hydrogen-bond acceptors (Lipinski definition) is 4. The molecule has 0 saturated carbocycles. The molecule has 17 heavy (non-hydrogen) atoms. The highest BCUT2D eigenvalue weighted by atomic mass is 32.2. The minimum Gasteiger partial charge on any atom is -0.352 e. The second kappa shape index (κ2) is 7.62. The van der Waals surface area contributed by atoms with Gasteiger partial charge in [-0.3, -0.25) is 4.79 Å². The summed E-state index contributed by atoms with van der Waals surface area (Å²) in [5.74, 6) is 0.316. The fraction of sp³-hybridized carbons (Fsp3) is 0.900. The SMILES string of the molecule is CC(C)C(C)NC(=O)CNCCNS(C)(=O)=O. The van der Waals surface area contributed by atoms with Crippen LogP contribution in [0, 0.1) is 5.92 Å². The monoisotopic (exact) mass is 265 g/mol. The molecule has 0 aliphatic heterocycles. The molecule has 102 valence electrons. The van der Waals surface area contributed by atoms with Crippen molar-refractivity contribution in [3.8, 4) is 0 Å². The Morgan fingerprint density at radius 2 is 1.76 bits per heavy atom. The van der Waals surface area contributed by atoms with Gasteiger partial charge in [0.2, 0.25) is 15.9 Å². The number of rotatable bonds is 8. The lowest BCUT2D eigenvalue weighted by Gasteiger charge is -2.17. The van der Waals surface area contributed by atoms with E-state index >= 15 is 0 Å². The van der Waals surface area contributed by atoms with Crippen LogP contribution in [0.4, 0.5) is 0 Å². The molecule has 0 heterocycles. The molecule has 0 spiro atoms. The van der Waals surface area contributed by atoms with Crippen molar-refractivity contribution in [1.29, 1.82) is 0 Å². The van der Waals surface area contributed by atoms with Gasteiger partial charge in [-0.15, -0.1) is 0 Å². The molecule has 1 unspecified atom stereocenters. The number of hydrogen-bond donors (Lipinski definition) is 3. The largest absolute Gasteiger partial charge is 0.352 e. The second-order valence-electron chi connectivity index (χ2n) is 4.44. The molecule has 0 fully saturated rings. The van der Waals surface area contributed by atoms with E-state index in [0.29, 0.717) is 12.5 Å². The van der Waals surface area contributed by atoms with Crippen molar-refractivity contribution in [2.75, 3.05) is 25.9 Å². The Balaban J connectivity index is 3.59. The third-order valence-electron chi connectivity index (χ3n) is 2.34. The zero-order valence-corrected chi connectivity index (χ0v) is 11.7. The van der Waals surface area contributed by atoms with Crippen molar-refractivity contribution >= 4 is 15.9 Å². The van der Waals surface area contributed by atoms with E-state index in [4.69, 9.17) is 0 Å². The number of nitrogens with one attached hydrogen (secondary N) is 3. The smallest absolute Gasteiger partial charge is 0.234 e. The zero-order chi connectivity index (χ0) is 13.5. The van der Waals surface area contributed by atoms with E-state index in [-0.39, 0.29) is 25.0 Å². The summed E-state index contributed by atoms with van der Waals surface area (Å²) < 4.78 is 23.8. The second-order valence-corrected chi connectivity index (χ2v) is 6.28. The summed E-state index contributed by atoms with van der Waals surface area (Å²) in [7, 11) is -3.15. The average molecular weight is 265 g/mol. The van der Waals surface area contributed by atoms with Crippen molar-refractivity contribution in [3.63, 3.8) is 0 Å². The van der Waals surface area contributed by atoms with Gasteiger partial charge in [-0.05, 0) is 12.8 Å². The Morgan fingerprint density at radius 3 is 2.24 bits per heavy atom. The lowest BCUT2D eigenvalue weighted by molar-refractivity contribution is -0.121. The molecule has 0 radical (unpaired) electrons. The highest BCUT2D eigenvalue weighted by Crippen LogP contribution is 1.98. The highest BCUT2D eigenvalue weighted by molar-refractivity contribution is 7.88. The molecule has 0 aromatic heterocycles. The van der Waals surface area contributed by atoms with Crippen LogP contribution in [0.25, 0.3) is 0 Å². The number of amides is 1. The van der Waals surface area contributed by atoms with E-state index in [1.807, 2.05) is 20.8 Å². The maximum atomic E-state index is 11.4. The average Bonchev–Trinajstić information content (AvgIpc) is 2.15. The van der Waals surface area contributed by atoms with Crippen molar-refractivity contribution in [3.05, 3.63) is 0 Å². The maximum absolute atomic E-state index is 11.4. The lowest BCUT2D eigenvalue weighted by Crippen LogP contribution is -2.42. The Bertz CT molecular complexity index is 328. The fourth-order valence-corrected chi connectivity index (χ4v) is 1.47. The van der Waals surface area contributed by atoms with Crippen molar-refractivity contribution in [2.45, 2.75) is 26.8 Å². The lowest BCUT2D eigenvalue weighted by atomic mass is 10.1. The van der Waals surface area contributed by atoms with E-state index in [2.05, 4.69) is 15.4 Å². The predicted octanol–water partition coefficient (Wildman–Crippen LogP) is -0.714. The van der Waals surface area contributed by atoms with Gasteiger partial charge >= 0.3 is 0 Å². The normalized spacial score (nSPS) is 13.7. The molecule has 7 heteroatoms. The van der Waals surface area contributed by atoms with Gasteiger partial charge in [0.1, 0.15) is 0 Å².